The maximum atomic E-state index is 13.4. The predicted molar refractivity (Wildman–Crippen MR) is 114 cm³/mol. The van der Waals surface area contributed by atoms with E-state index in [2.05, 4.69) is 4.99 Å². The fourth-order valence-corrected chi connectivity index (χ4v) is 6.01. The molecule has 1 aliphatic carbocycles. The molecule has 2 N–H and O–H groups in total. The van der Waals surface area contributed by atoms with E-state index in [-0.39, 0.29) is 11.6 Å². The van der Waals surface area contributed by atoms with E-state index in [9.17, 15) is 23.3 Å². The van der Waals surface area contributed by atoms with Crippen molar-refractivity contribution in [2.24, 2.45) is 10.8 Å². The normalized spacial score (nSPS) is 24.9. The van der Waals surface area contributed by atoms with Crippen molar-refractivity contribution in [3.05, 3.63) is 39.4 Å². The predicted octanol–water partition coefficient (Wildman–Crippen LogP) is 2.26. The molecule has 0 unspecified atom stereocenters. The second-order valence-electron chi connectivity index (χ2n) is 8.90. The van der Waals surface area contributed by atoms with E-state index in [4.69, 9.17) is 10.6 Å². The molecule has 2 atom stereocenters. The van der Waals surface area contributed by atoms with Crippen LogP contribution < -0.4 is 5.84 Å². The van der Waals surface area contributed by atoms with Gasteiger partial charge in [0.25, 0.3) is 5.69 Å². The summed E-state index contributed by atoms with van der Waals surface area (Å²) in [7, 11) is -2.71. The van der Waals surface area contributed by atoms with E-state index in [1.165, 1.54) is 19.2 Å². The van der Waals surface area contributed by atoms with Crippen LogP contribution in [-0.4, -0.2) is 52.6 Å². The van der Waals surface area contributed by atoms with Crippen molar-refractivity contribution in [1.29, 1.82) is 0 Å². The molecule has 0 radical (unpaired) electrons. The van der Waals surface area contributed by atoms with Crippen LogP contribution in [0.5, 0.6) is 0 Å². The van der Waals surface area contributed by atoms with Crippen molar-refractivity contribution in [3.63, 3.8) is 0 Å². The molecule has 12 heteroatoms. The molecule has 2 aliphatic rings. The first kappa shape index (κ1) is 22.9. The van der Waals surface area contributed by atoms with Gasteiger partial charge >= 0.3 is 6.09 Å². The molecule has 0 bridgehead atoms. The number of carbonyl (C=O) groups excluding carboxylic acids is 1. The molecule has 1 amide bonds. The Hall–Kier alpha value is -2.73. The van der Waals surface area contributed by atoms with Crippen LogP contribution in [0.2, 0.25) is 0 Å². The van der Waals surface area contributed by atoms with Crippen LogP contribution in [0.1, 0.15) is 51.7 Å². The summed E-state index contributed by atoms with van der Waals surface area (Å²) in [6.07, 6.45) is 0.464. The zero-order valence-corrected chi connectivity index (χ0v) is 19.0. The van der Waals surface area contributed by atoms with Crippen LogP contribution in [0, 0.1) is 10.1 Å². The first-order chi connectivity index (χ1) is 14.2. The van der Waals surface area contributed by atoms with E-state index < -0.39 is 37.4 Å². The van der Waals surface area contributed by atoms with Gasteiger partial charge in [-0.05, 0) is 58.1 Å². The van der Waals surface area contributed by atoms with Crippen molar-refractivity contribution >= 4 is 27.8 Å². The summed E-state index contributed by atoms with van der Waals surface area (Å²) in [5, 5.41) is 11.0. The molecule has 0 aromatic heterocycles. The molecule has 1 heterocycles. The minimum Gasteiger partial charge on any atom is -0.442 e. The number of benzene rings is 1. The maximum Gasteiger partial charge on any atom is 0.431 e. The number of ether oxygens (including phenoxy) is 1. The fraction of sp³-hybridized carbons (Fsp3) is 0.579. The Balaban J connectivity index is 2.21. The van der Waals surface area contributed by atoms with Crippen LogP contribution in [0.15, 0.2) is 23.2 Å². The molecule has 1 aliphatic heterocycles. The van der Waals surface area contributed by atoms with Gasteiger partial charge in [-0.25, -0.2) is 28.4 Å². The summed E-state index contributed by atoms with van der Waals surface area (Å²) in [4.78, 5) is 28.0. The van der Waals surface area contributed by atoms with E-state index in [1.54, 1.807) is 33.8 Å². The Labute approximate surface area is 181 Å². The quantitative estimate of drug-likeness (QED) is 0.297. The number of hydrogen-bond donors (Lipinski definition) is 1. The largest absolute Gasteiger partial charge is 0.442 e. The number of carbonyl (C=O) groups is 1. The second-order valence-corrected chi connectivity index (χ2v) is 11.0. The smallest absolute Gasteiger partial charge is 0.431 e. The number of aryl methyl sites for hydroxylation is 1. The van der Waals surface area contributed by atoms with Crippen molar-refractivity contribution in [1.82, 2.24) is 9.31 Å². The molecule has 0 saturated heterocycles. The number of hydrogen-bond acceptors (Lipinski definition) is 8. The third kappa shape index (κ3) is 3.97. The second kappa shape index (κ2) is 7.45. The summed E-state index contributed by atoms with van der Waals surface area (Å²) < 4.78 is 33.0. The van der Waals surface area contributed by atoms with Crippen LogP contribution in [0.25, 0.3) is 0 Å². The number of sulfonamides is 1. The highest BCUT2D eigenvalue weighted by Crippen LogP contribution is 2.45. The molecule has 0 saturated carbocycles. The summed E-state index contributed by atoms with van der Waals surface area (Å²) in [5.41, 5.74) is -1.18. The molecule has 31 heavy (non-hydrogen) atoms. The van der Waals surface area contributed by atoms with E-state index in [0.29, 0.717) is 29.8 Å². The highest BCUT2D eigenvalue weighted by Gasteiger charge is 2.53. The van der Waals surface area contributed by atoms with Gasteiger partial charge in [-0.15, -0.1) is 0 Å². The molecule has 3 rings (SSSR count). The van der Waals surface area contributed by atoms with Gasteiger partial charge in [0.05, 0.1) is 4.92 Å². The zero-order chi connectivity index (χ0) is 23.4. The SMILES string of the molecule is CN1C(N(N)C(=O)OC(C)(C)C)=N[C@]2(C)c3cc([N+](=O)[O-])ccc3CCC[C@@H]2S1(=O)=O. The lowest BCUT2D eigenvalue weighted by Crippen LogP contribution is -2.61. The molecule has 170 valence electrons. The minimum atomic E-state index is -3.99. The topological polar surface area (TPSA) is 148 Å². The number of nitrogens with zero attached hydrogens (tertiary/aromatic N) is 4. The van der Waals surface area contributed by atoms with Crippen molar-refractivity contribution in [3.8, 4) is 0 Å². The number of fused-ring (bicyclic) bond motifs is 3. The van der Waals surface area contributed by atoms with Crippen molar-refractivity contribution in [2.75, 3.05) is 7.05 Å². The summed E-state index contributed by atoms with van der Waals surface area (Å²) in [6, 6.07) is 4.39. The molecule has 0 spiro atoms. The van der Waals surface area contributed by atoms with Gasteiger partial charge in [-0.2, -0.15) is 5.01 Å². The van der Waals surface area contributed by atoms with Gasteiger partial charge in [0.2, 0.25) is 16.0 Å². The van der Waals surface area contributed by atoms with Crippen molar-refractivity contribution < 1.29 is 22.9 Å². The zero-order valence-electron chi connectivity index (χ0n) is 18.2. The molecule has 1 aromatic carbocycles. The standard InChI is InChI=1S/C19H27N5O6S/c1-18(2,3)30-17(25)23(20)16-21-19(4)14-11-13(24(26)27)10-9-12(14)7-6-8-15(19)31(28,29)22(16)5/h9-11,15H,6-8,20H2,1-5H3/t15-,19+/m0/s1. The van der Waals surface area contributed by atoms with Gasteiger partial charge in [0.15, 0.2) is 0 Å². The Morgan fingerprint density at radius 2 is 2.06 bits per heavy atom. The highest BCUT2D eigenvalue weighted by atomic mass is 32.2. The summed E-state index contributed by atoms with van der Waals surface area (Å²) in [6.45, 7) is 6.57. The lowest BCUT2D eigenvalue weighted by molar-refractivity contribution is -0.385. The number of nitrogens with two attached hydrogens (primary N) is 1. The molecule has 1 aromatic rings. The Bertz CT molecular complexity index is 1060. The number of amides is 1. The average molecular weight is 454 g/mol. The molecule has 0 fully saturated rings. The Morgan fingerprint density at radius 3 is 2.65 bits per heavy atom. The van der Waals surface area contributed by atoms with Crippen LogP contribution in [0.3, 0.4) is 0 Å². The summed E-state index contributed by atoms with van der Waals surface area (Å²) in [5.74, 6) is 5.63. The number of nitro groups is 1. The number of nitro benzene ring substituents is 1. The average Bonchev–Trinajstić information content (AvgIpc) is 2.80. The number of non-ortho nitro benzene ring substituents is 1. The van der Waals surface area contributed by atoms with Crippen LogP contribution >= 0.6 is 0 Å². The highest BCUT2D eigenvalue weighted by molar-refractivity contribution is 7.90. The first-order valence-electron chi connectivity index (χ1n) is 9.81. The molecular formula is C19H27N5O6S. The van der Waals surface area contributed by atoms with Gasteiger partial charge < -0.3 is 4.74 Å². The number of guanidine groups is 1. The van der Waals surface area contributed by atoms with E-state index in [0.717, 1.165) is 9.87 Å². The van der Waals surface area contributed by atoms with E-state index in [1.807, 2.05) is 0 Å². The number of aliphatic imine (C=N–C) groups is 1. The van der Waals surface area contributed by atoms with Crippen molar-refractivity contribution in [2.45, 2.75) is 63.3 Å². The first-order valence-corrected chi connectivity index (χ1v) is 11.3. The van der Waals surface area contributed by atoms with Gasteiger partial charge in [0, 0.05) is 19.2 Å². The summed E-state index contributed by atoms with van der Waals surface area (Å²) >= 11 is 0. The Kier molecular flexibility index (Phi) is 5.51. The Morgan fingerprint density at radius 1 is 1.42 bits per heavy atom. The fourth-order valence-electron chi connectivity index (χ4n) is 4.05. The lowest BCUT2D eigenvalue weighted by Gasteiger charge is -2.43. The number of hydrazine groups is 1. The maximum absolute atomic E-state index is 13.4. The minimum absolute atomic E-state index is 0.162. The molecule has 11 nitrogen and oxygen atoms in total. The van der Waals surface area contributed by atoms with Gasteiger partial charge in [0.1, 0.15) is 16.4 Å². The molecular weight excluding hydrogens is 426 g/mol. The van der Waals surface area contributed by atoms with E-state index >= 15 is 0 Å². The van der Waals surface area contributed by atoms with Gasteiger partial charge in [-0.3, -0.25) is 10.1 Å². The monoisotopic (exact) mass is 453 g/mol. The number of rotatable bonds is 1. The van der Waals surface area contributed by atoms with Crippen LogP contribution in [0.4, 0.5) is 10.5 Å². The lowest BCUT2D eigenvalue weighted by atomic mass is 9.86. The van der Waals surface area contributed by atoms with Crippen LogP contribution in [-0.2, 0) is 26.7 Å². The van der Waals surface area contributed by atoms with Gasteiger partial charge in [-0.1, -0.05) is 6.07 Å². The third-order valence-electron chi connectivity index (χ3n) is 5.55. The third-order valence-corrected chi connectivity index (χ3v) is 7.89.